The minimum absolute atomic E-state index is 0.0981. The average molecular weight is 309 g/mol. The predicted octanol–water partition coefficient (Wildman–Crippen LogP) is 3.78. The zero-order valence-corrected chi connectivity index (χ0v) is 13.5. The van der Waals surface area contributed by atoms with Gasteiger partial charge in [-0.3, -0.25) is 4.79 Å². The number of Topliss-reactive ketones (excluding diaryl/α,β-unsaturated/α-hetero) is 1. The molecule has 0 unspecified atom stereocenters. The normalized spacial score (nSPS) is 11.4. The predicted molar refractivity (Wildman–Crippen MR) is 87.9 cm³/mol. The molecular formula is C19H19NO3. The number of rotatable bonds is 6. The molecule has 0 aliphatic rings. The first kappa shape index (κ1) is 16.6. The lowest BCUT2D eigenvalue weighted by atomic mass is 10.0. The van der Waals surface area contributed by atoms with Gasteiger partial charge in [0, 0.05) is 11.6 Å². The molecule has 4 heteroatoms. The van der Waals surface area contributed by atoms with Crippen molar-refractivity contribution in [1.29, 1.82) is 5.26 Å². The average Bonchev–Trinajstić information content (AvgIpc) is 2.61. The molecule has 0 aliphatic heterocycles. The molecule has 23 heavy (non-hydrogen) atoms. The fourth-order valence-corrected chi connectivity index (χ4v) is 2.22. The van der Waals surface area contributed by atoms with Crippen LogP contribution >= 0.6 is 0 Å². The standard InChI is InChI=1S/C19H19NO3/c1-4-14-5-8-16(9-6-14)19(21)13(2)23-17-10-7-15(12-20)11-18(17)22-3/h5-11,13H,4H2,1-3H3/t13-/m1/s1. The third-order valence-electron chi connectivity index (χ3n) is 3.61. The van der Waals surface area contributed by atoms with Crippen molar-refractivity contribution in [1.82, 2.24) is 0 Å². The molecule has 0 aromatic heterocycles. The van der Waals surface area contributed by atoms with Gasteiger partial charge in [0.05, 0.1) is 18.7 Å². The van der Waals surface area contributed by atoms with Crippen LogP contribution in [0, 0.1) is 11.3 Å². The van der Waals surface area contributed by atoms with E-state index in [1.165, 1.54) is 12.7 Å². The van der Waals surface area contributed by atoms with Crippen molar-refractivity contribution in [2.24, 2.45) is 0 Å². The van der Waals surface area contributed by atoms with E-state index in [0.29, 0.717) is 22.6 Å². The van der Waals surface area contributed by atoms with Crippen molar-refractivity contribution in [3.63, 3.8) is 0 Å². The molecule has 1 atom stereocenters. The summed E-state index contributed by atoms with van der Waals surface area (Å²) >= 11 is 0. The summed E-state index contributed by atoms with van der Waals surface area (Å²) in [5.41, 5.74) is 2.27. The molecule has 0 fully saturated rings. The van der Waals surface area contributed by atoms with Crippen LogP contribution in [0.3, 0.4) is 0 Å². The molecule has 118 valence electrons. The van der Waals surface area contributed by atoms with Gasteiger partial charge in [-0.15, -0.1) is 0 Å². The monoisotopic (exact) mass is 309 g/mol. The molecule has 0 spiro atoms. The van der Waals surface area contributed by atoms with Crippen LogP contribution in [-0.2, 0) is 6.42 Å². The number of methoxy groups -OCH3 is 1. The van der Waals surface area contributed by atoms with Crippen LogP contribution in [-0.4, -0.2) is 19.0 Å². The topological polar surface area (TPSA) is 59.3 Å². The highest BCUT2D eigenvalue weighted by Gasteiger charge is 2.18. The summed E-state index contributed by atoms with van der Waals surface area (Å²) in [4.78, 5) is 12.5. The quantitative estimate of drug-likeness (QED) is 0.762. The molecule has 0 amide bonds. The number of hydrogen-bond acceptors (Lipinski definition) is 4. The second-order valence-electron chi connectivity index (χ2n) is 5.15. The molecule has 0 radical (unpaired) electrons. The van der Waals surface area contributed by atoms with Gasteiger partial charge in [0.15, 0.2) is 17.6 Å². The third-order valence-corrected chi connectivity index (χ3v) is 3.61. The molecule has 2 aromatic rings. The van der Waals surface area contributed by atoms with Gasteiger partial charge in [-0.1, -0.05) is 31.2 Å². The molecule has 0 saturated carbocycles. The zero-order valence-electron chi connectivity index (χ0n) is 13.5. The zero-order chi connectivity index (χ0) is 16.8. The maximum Gasteiger partial charge on any atom is 0.202 e. The van der Waals surface area contributed by atoms with Crippen LogP contribution in [0.2, 0.25) is 0 Å². The van der Waals surface area contributed by atoms with E-state index in [1.807, 2.05) is 30.3 Å². The van der Waals surface area contributed by atoms with Crippen LogP contribution in [0.5, 0.6) is 11.5 Å². The Morgan fingerprint density at radius 1 is 1.17 bits per heavy atom. The molecule has 2 aromatic carbocycles. The van der Waals surface area contributed by atoms with Gasteiger partial charge in [-0.05, 0) is 31.0 Å². The van der Waals surface area contributed by atoms with Gasteiger partial charge in [0.2, 0.25) is 5.78 Å². The first-order valence-electron chi connectivity index (χ1n) is 7.47. The van der Waals surface area contributed by atoms with Crippen molar-refractivity contribution < 1.29 is 14.3 Å². The molecule has 0 aliphatic carbocycles. The van der Waals surface area contributed by atoms with E-state index in [9.17, 15) is 4.79 Å². The Balaban J connectivity index is 2.16. The smallest absolute Gasteiger partial charge is 0.202 e. The molecule has 0 heterocycles. The molecular weight excluding hydrogens is 290 g/mol. The number of nitriles is 1. The van der Waals surface area contributed by atoms with Gasteiger partial charge in [-0.25, -0.2) is 0 Å². The van der Waals surface area contributed by atoms with Gasteiger partial charge in [0.1, 0.15) is 0 Å². The summed E-state index contributed by atoms with van der Waals surface area (Å²) in [5.74, 6) is 0.779. The molecule has 0 N–H and O–H groups in total. The number of carbonyl (C=O) groups is 1. The number of nitrogens with zero attached hydrogens (tertiary/aromatic N) is 1. The summed E-state index contributed by atoms with van der Waals surface area (Å²) in [6.45, 7) is 3.77. The maximum atomic E-state index is 12.5. The SMILES string of the molecule is CCc1ccc(C(=O)[C@@H](C)Oc2ccc(C#N)cc2OC)cc1. The highest BCUT2D eigenvalue weighted by Crippen LogP contribution is 2.29. The van der Waals surface area contributed by atoms with E-state index < -0.39 is 6.10 Å². The number of carbonyl (C=O) groups excluding carboxylic acids is 1. The lowest BCUT2D eigenvalue weighted by Gasteiger charge is -2.16. The maximum absolute atomic E-state index is 12.5. The molecule has 0 bridgehead atoms. The van der Waals surface area contributed by atoms with Crippen molar-refractivity contribution >= 4 is 5.78 Å². The Morgan fingerprint density at radius 3 is 2.43 bits per heavy atom. The number of ketones is 1. The Hall–Kier alpha value is -2.80. The second kappa shape index (κ2) is 7.46. The first-order valence-corrected chi connectivity index (χ1v) is 7.47. The Kier molecular flexibility index (Phi) is 5.37. The summed E-state index contributed by atoms with van der Waals surface area (Å²) in [5, 5.41) is 8.91. The summed E-state index contributed by atoms with van der Waals surface area (Å²) in [6, 6.07) is 14.4. The highest BCUT2D eigenvalue weighted by molar-refractivity contribution is 5.99. The molecule has 4 nitrogen and oxygen atoms in total. The van der Waals surface area contributed by atoms with Crippen LogP contribution in [0.25, 0.3) is 0 Å². The summed E-state index contributed by atoms with van der Waals surface area (Å²) in [7, 11) is 1.50. The lowest BCUT2D eigenvalue weighted by molar-refractivity contribution is 0.0814. The van der Waals surface area contributed by atoms with Crippen molar-refractivity contribution in [2.45, 2.75) is 26.4 Å². The summed E-state index contributed by atoms with van der Waals surface area (Å²) < 4.78 is 10.9. The minimum Gasteiger partial charge on any atom is -0.493 e. The second-order valence-corrected chi connectivity index (χ2v) is 5.15. The van der Waals surface area contributed by atoms with Crippen molar-refractivity contribution in [3.8, 4) is 17.6 Å². The van der Waals surface area contributed by atoms with E-state index in [-0.39, 0.29) is 5.78 Å². The molecule has 0 saturated heterocycles. The van der Waals surface area contributed by atoms with Gasteiger partial charge < -0.3 is 9.47 Å². The minimum atomic E-state index is -0.649. The molecule has 2 rings (SSSR count). The Labute approximate surface area is 136 Å². The van der Waals surface area contributed by atoms with Gasteiger partial charge in [0.25, 0.3) is 0 Å². The fraction of sp³-hybridized carbons (Fsp3) is 0.263. The van der Waals surface area contributed by atoms with E-state index in [0.717, 1.165) is 6.42 Å². The van der Waals surface area contributed by atoms with Gasteiger partial charge in [-0.2, -0.15) is 5.26 Å². The Bertz CT molecular complexity index is 729. The number of aryl methyl sites for hydroxylation is 1. The fourth-order valence-electron chi connectivity index (χ4n) is 2.22. The van der Waals surface area contributed by atoms with E-state index in [1.54, 1.807) is 25.1 Å². The Morgan fingerprint density at radius 2 is 1.87 bits per heavy atom. The lowest BCUT2D eigenvalue weighted by Crippen LogP contribution is -2.24. The van der Waals surface area contributed by atoms with Crippen LogP contribution in [0.1, 0.15) is 35.3 Å². The van der Waals surface area contributed by atoms with Gasteiger partial charge >= 0.3 is 0 Å². The number of hydrogen-bond donors (Lipinski definition) is 0. The van der Waals surface area contributed by atoms with Crippen LogP contribution in [0.4, 0.5) is 0 Å². The number of benzene rings is 2. The van der Waals surface area contributed by atoms with Crippen molar-refractivity contribution in [2.75, 3.05) is 7.11 Å². The summed E-state index contributed by atoms with van der Waals surface area (Å²) in [6.07, 6.45) is 0.285. The van der Waals surface area contributed by atoms with E-state index in [2.05, 4.69) is 6.92 Å². The third kappa shape index (κ3) is 3.89. The van der Waals surface area contributed by atoms with Crippen LogP contribution < -0.4 is 9.47 Å². The van der Waals surface area contributed by atoms with E-state index >= 15 is 0 Å². The first-order chi connectivity index (χ1) is 11.1. The highest BCUT2D eigenvalue weighted by atomic mass is 16.5. The number of ether oxygens (including phenoxy) is 2. The van der Waals surface area contributed by atoms with E-state index in [4.69, 9.17) is 14.7 Å². The van der Waals surface area contributed by atoms with Crippen molar-refractivity contribution in [3.05, 3.63) is 59.2 Å². The van der Waals surface area contributed by atoms with Crippen LogP contribution in [0.15, 0.2) is 42.5 Å². The largest absolute Gasteiger partial charge is 0.493 e.